The van der Waals surface area contributed by atoms with Crippen LogP contribution in [-0.2, 0) is 4.74 Å². The smallest absolute Gasteiger partial charge is 0.339 e. The summed E-state index contributed by atoms with van der Waals surface area (Å²) < 4.78 is 5.86. The van der Waals surface area contributed by atoms with Crippen molar-refractivity contribution in [1.82, 2.24) is 0 Å². The Morgan fingerprint density at radius 1 is 1.46 bits per heavy atom. The van der Waals surface area contributed by atoms with Gasteiger partial charge < -0.3 is 4.74 Å². The number of methoxy groups -OCH3 is 1. The molecule has 0 atom stereocenters. The van der Waals surface area contributed by atoms with Crippen molar-refractivity contribution >= 4 is 40.8 Å². The van der Waals surface area contributed by atoms with Gasteiger partial charge in [0.15, 0.2) is 0 Å². The van der Waals surface area contributed by atoms with Gasteiger partial charge in [0, 0.05) is 10.3 Å². The molecular weight excluding hydrogens is 224 g/mol. The molecular formula is C8H10O2S3. The summed E-state index contributed by atoms with van der Waals surface area (Å²) in [4.78, 5) is 12.3. The average molecular weight is 234 g/mol. The number of hydrogen-bond acceptors (Lipinski definition) is 5. The molecule has 5 heteroatoms. The van der Waals surface area contributed by atoms with E-state index in [2.05, 4.69) is 4.74 Å². The maximum Gasteiger partial charge on any atom is 0.339 e. The molecule has 0 radical (unpaired) electrons. The van der Waals surface area contributed by atoms with Gasteiger partial charge in [0.2, 0.25) is 0 Å². The predicted octanol–water partition coefficient (Wildman–Crippen LogP) is 2.98. The Hall–Kier alpha value is -0.130. The normalized spacial score (nSPS) is 10.1. The van der Waals surface area contributed by atoms with Crippen molar-refractivity contribution in [2.45, 2.75) is 9.10 Å². The Morgan fingerprint density at radius 3 is 2.62 bits per heavy atom. The van der Waals surface area contributed by atoms with Crippen molar-refractivity contribution in [3.63, 3.8) is 0 Å². The standard InChI is InChI=1S/C8H10O2S3/c1-10-7(9)5-4-13-8(12-3)6(5)11-2/h4H,1-3H3. The Morgan fingerprint density at radius 2 is 2.15 bits per heavy atom. The van der Waals surface area contributed by atoms with Crippen LogP contribution >= 0.6 is 34.9 Å². The first-order valence-corrected chi connectivity index (χ1v) is 6.85. The highest BCUT2D eigenvalue weighted by Crippen LogP contribution is 2.37. The lowest BCUT2D eigenvalue weighted by Crippen LogP contribution is -2.00. The number of rotatable bonds is 3. The summed E-state index contributed by atoms with van der Waals surface area (Å²) in [6.45, 7) is 0. The maximum atomic E-state index is 11.3. The Balaban J connectivity index is 3.07. The average Bonchev–Trinajstić information content (AvgIpc) is 2.58. The molecule has 0 fully saturated rings. The highest BCUT2D eigenvalue weighted by molar-refractivity contribution is 8.03. The van der Waals surface area contributed by atoms with E-state index in [4.69, 9.17) is 0 Å². The molecule has 0 amide bonds. The number of thioether (sulfide) groups is 2. The van der Waals surface area contributed by atoms with Crippen LogP contribution in [-0.4, -0.2) is 25.6 Å². The van der Waals surface area contributed by atoms with Gasteiger partial charge in [-0.3, -0.25) is 0 Å². The van der Waals surface area contributed by atoms with Crippen LogP contribution < -0.4 is 0 Å². The zero-order valence-electron chi connectivity index (χ0n) is 7.62. The molecule has 0 aromatic carbocycles. The first-order chi connectivity index (χ1) is 6.24. The highest BCUT2D eigenvalue weighted by Gasteiger charge is 2.16. The van der Waals surface area contributed by atoms with Crippen molar-refractivity contribution in [2.24, 2.45) is 0 Å². The van der Waals surface area contributed by atoms with Gasteiger partial charge in [-0.2, -0.15) is 0 Å². The molecule has 72 valence electrons. The topological polar surface area (TPSA) is 26.3 Å². The molecule has 1 aromatic rings. The third kappa shape index (κ3) is 2.21. The number of carbonyl (C=O) groups excluding carboxylic acids is 1. The van der Waals surface area contributed by atoms with Gasteiger partial charge >= 0.3 is 5.97 Å². The maximum absolute atomic E-state index is 11.3. The molecule has 0 unspecified atom stereocenters. The molecule has 1 aromatic heterocycles. The van der Waals surface area contributed by atoms with E-state index in [1.165, 1.54) is 11.3 Å². The van der Waals surface area contributed by atoms with Crippen LogP contribution in [0.25, 0.3) is 0 Å². The van der Waals surface area contributed by atoms with Gasteiger partial charge in [0.05, 0.1) is 16.9 Å². The number of esters is 1. The quantitative estimate of drug-likeness (QED) is 0.593. The summed E-state index contributed by atoms with van der Waals surface area (Å²) in [7, 11) is 1.41. The molecule has 13 heavy (non-hydrogen) atoms. The molecule has 0 N–H and O–H groups in total. The second-order valence-electron chi connectivity index (χ2n) is 2.17. The van der Waals surface area contributed by atoms with Gasteiger partial charge in [0.1, 0.15) is 0 Å². The van der Waals surface area contributed by atoms with E-state index < -0.39 is 0 Å². The first kappa shape index (κ1) is 10.9. The van der Waals surface area contributed by atoms with Crippen LogP contribution in [0.4, 0.5) is 0 Å². The van der Waals surface area contributed by atoms with E-state index in [0.717, 1.165) is 4.90 Å². The number of carbonyl (C=O) groups is 1. The van der Waals surface area contributed by atoms with Crippen LogP contribution in [0.3, 0.4) is 0 Å². The number of hydrogen-bond donors (Lipinski definition) is 0. The molecule has 0 aliphatic rings. The van der Waals surface area contributed by atoms with Gasteiger partial charge in [0.25, 0.3) is 0 Å². The van der Waals surface area contributed by atoms with Crippen molar-refractivity contribution < 1.29 is 9.53 Å². The first-order valence-electron chi connectivity index (χ1n) is 3.52. The molecule has 0 saturated carbocycles. The molecule has 0 saturated heterocycles. The lowest BCUT2D eigenvalue weighted by Gasteiger charge is -2.00. The summed E-state index contributed by atoms with van der Waals surface area (Å²) in [5.41, 5.74) is 0.685. The van der Waals surface area contributed by atoms with Crippen molar-refractivity contribution in [2.75, 3.05) is 19.6 Å². The fourth-order valence-corrected chi connectivity index (χ4v) is 3.89. The Kier molecular flexibility index (Phi) is 4.15. The number of ether oxygens (including phenoxy) is 1. The van der Waals surface area contributed by atoms with Crippen LogP contribution in [0.1, 0.15) is 10.4 Å². The van der Waals surface area contributed by atoms with Gasteiger partial charge in [-0.05, 0) is 12.5 Å². The van der Waals surface area contributed by atoms with Gasteiger partial charge in [-0.25, -0.2) is 4.79 Å². The Labute approximate surface area is 90.1 Å². The molecule has 0 bridgehead atoms. The SMILES string of the molecule is COC(=O)c1csc(SC)c1SC. The van der Waals surface area contributed by atoms with E-state index in [1.807, 2.05) is 17.9 Å². The number of thiophene rings is 1. The zero-order chi connectivity index (χ0) is 9.84. The van der Waals surface area contributed by atoms with Gasteiger partial charge in [-0.15, -0.1) is 34.9 Å². The monoisotopic (exact) mass is 234 g/mol. The van der Waals surface area contributed by atoms with E-state index in [-0.39, 0.29) is 5.97 Å². The zero-order valence-corrected chi connectivity index (χ0v) is 10.1. The largest absolute Gasteiger partial charge is 0.465 e. The minimum Gasteiger partial charge on any atom is -0.465 e. The highest BCUT2D eigenvalue weighted by atomic mass is 32.2. The minimum atomic E-state index is -0.249. The van der Waals surface area contributed by atoms with Crippen molar-refractivity contribution in [3.05, 3.63) is 10.9 Å². The van der Waals surface area contributed by atoms with E-state index in [0.29, 0.717) is 5.56 Å². The van der Waals surface area contributed by atoms with Crippen LogP contribution in [0.15, 0.2) is 14.5 Å². The van der Waals surface area contributed by atoms with Gasteiger partial charge in [-0.1, -0.05) is 0 Å². The van der Waals surface area contributed by atoms with Crippen LogP contribution in [0, 0.1) is 0 Å². The fourth-order valence-electron chi connectivity index (χ4n) is 0.914. The molecule has 0 aliphatic heterocycles. The summed E-state index contributed by atoms with van der Waals surface area (Å²) >= 11 is 4.83. The second-order valence-corrected chi connectivity index (χ2v) is 4.94. The summed E-state index contributed by atoms with van der Waals surface area (Å²) in [6, 6.07) is 0. The fraction of sp³-hybridized carbons (Fsp3) is 0.375. The van der Waals surface area contributed by atoms with Crippen molar-refractivity contribution in [1.29, 1.82) is 0 Å². The van der Waals surface area contributed by atoms with E-state index >= 15 is 0 Å². The Bertz CT molecular complexity index is 306. The summed E-state index contributed by atoms with van der Waals surface area (Å²) in [5, 5.41) is 1.85. The second kappa shape index (κ2) is 4.93. The lowest BCUT2D eigenvalue weighted by atomic mass is 10.3. The minimum absolute atomic E-state index is 0.249. The third-order valence-electron chi connectivity index (χ3n) is 1.51. The molecule has 2 nitrogen and oxygen atoms in total. The molecule has 1 heterocycles. The van der Waals surface area contributed by atoms with E-state index in [1.54, 1.807) is 34.9 Å². The summed E-state index contributed by atoms with van der Waals surface area (Å²) in [6.07, 6.45) is 3.97. The summed E-state index contributed by atoms with van der Waals surface area (Å²) in [5.74, 6) is -0.249. The molecule has 1 rings (SSSR count). The van der Waals surface area contributed by atoms with Crippen LogP contribution in [0.5, 0.6) is 0 Å². The molecule has 0 spiro atoms. The predicted molar refractivity (Wildman–Crippen MR) is 59.2 cm³/mol. The van der Waals surface area contributed by atoms with Crippen LogP contribution in [0.2, 0.25) is 0 Å². The third-order valence-corrected chi connectivity index (χ3v) is 4.73. The lowest BCUT2D eigenvalue weighted by molar-refractivity contribution is 0.0597. The van der Waals surface area contributed by atoms with E-state index in [9.17, 15) is 4.79 Å². The van der Waals surface area contributed by atoms with Crippen molar-refractivity contribution in [3.8, 4) is 0 Å². The molecule has 0 aliphatic carbocycles.